The van der Waals surface area contributed by atoms with Crippen LogP contribution in [0.5, 0.6) is 0 Å². The summed E-state index contributed by atoms with van der Waals surface area (Å²) in [5, 5.41) is 12.9. The lowest BCUT2D eigenvalue weighted by Gasteiger charge is -2.13. The van der Waals surface area contributed by atoms with E-state index in [4.69, 9.17) is 39.8 Å². The van der Waals surface area contributed by atoms with Crippen LogP contribution in [0, 0.1) is 0 Å². The van der Waals surface area contributed by atoms with Crippen molar-refractivity contribution in [2.75, 3.05) is 18.4 Å². The third kappa shape index (κ3) is 6.46. The lowest BCUT2D eigenvalue weighted by Crippen LogP contribution is -2.11. The van der Waals surface area contributed by atoms with Crippen molar-refractivity contribution in [2.45, 2.75) is 6.42 Å². The first-order valence-electron chi connectivity index (χ1n) is 6.90. The number of para-hydroxylation sites is 2. The first-order valence-corrected chi connectivity index (χ1v) is 7.66. The molecule has 0 aliphatic heterocycles. The van der Waals surface area contributed by atoms with Crippen LogP contribution in [0.25, 0.3) is 0 Å². The van der Waals surface area contributed by atoms with Crippen LogP contribution < -0.4 is 16.8 Å². The molecule has 0 fully saturated rings. The van der Waals surface area contributed by atoms with Gasteiger partial charge in [-0.2, -0.15) is 0 Å². The van der Waals surface area contributed by atoms with E-state index in [9.17, 15) is 4.79 Å². The van der Waals surface area contributed by atoms with Crippen LogP contribution in [-0.2, 0) is 11.2 Å². The molecule has 0 aromatic heterocycles. The van der Waals surface area contributed by atoms with Crippen molar-refractivity contribution in [3.63, 3.8) is 0 Å². The van der Waals surface area contributed by atoms with E-state index in [0.717, 1.165) is 0 Å². The number of rotatable bonds is 5. The zero-order valence-electron chi connectivity index (χ0n) is 12.4. The van der Waals surface area contributed by atoms with Crippen molar-refractivity contribution in [1.29, 1.82) is 0 Å². The van der Waals surface area contributed by atoms with E-state index in [1.807, 2.05) is 6.07 Å². The van der Waals surface area contributed by atoms with Crippen molar-refractivity contribution in [3.05, 3.63) is 58.1 Å². The molecule has 0 spiro atoms. The molecule has 0 atom stereocenters. The lowest BCUT2D eigenvalue weighted by atomic mass is 10.1. The van der Waals surface area contributed by atoms with Crippen LogP contribution in [0.3, 0.4) is 0 Å². The monoisotopic (exact) mass is 355 g/mol. The third-order valence-electron chi connectivity index (χ3n) is 2.75. The van der Waals surface area contributed by atoms with Gasteiger partial charge in [0.1, 0.15) is 0 Å². The number of hydrogen-bond acceptors (Lipinski definition) is 4. The number of anilines is 2. The van der Waals surface area contributed by atoms with Crippen LogP contribution in [0.1, 0.15) is 5.56 Å². The molecule has 2 aromatic rings. The van der Waals surface area contributed by atoms with Crippen LogP contribution in [0.2, 0.25) is 10.0 Å². The molecule has 0 bridgehead atoms. The SMILES string of the molecule is NCCN.O=C(O)Cc1ccccc1Nc1c(Cl)cccc1Cl. The lowest BCUT2D eigenvalue weighted by molar-refractivity contribution is -0.136. The number of aliphatic carboxylic acids is 1. The quantitative estimate of drug-likeness (QED) is 0.659. The molecule has 2 rings (SSSR count). The molecule has 0 heterocycles. The van der Waals surface area contributed by atoms with Crippen LogP contribution in [0.4, 0.5) is 11.4 Å². The number of halogens is 2. The van der Waals surface area contributed by atoms with Gasteiger partial charge in [-0.3, -0.25) is 4.79 Å². The fraction of sp³-hybridized carbons (Fsp3) is 0.188. The van der Waals surface area contributed by atoms with Crippen molar-refractivity contribution in [3.8, 4) is 0 Å². The van der Waals surface area contributed by atoms with E-state index in [1.54, 1.807) is 36.4 Å². The van der Waals surface area contributed by atoms with E-state index in [-0.39, 0.29) is 6.42 Å². The summed E-state index contributed by atoms with van der Waals surface area (Å²) in [6, 6.07) is 12.3. The Kier molecular flexibility index (Phi) is 8.43. The van der Waals surface area contributed by atoms with Gasteiger partial charge >= 0.3 is 5.97 Å². The Morgan fingerprint density at radius 1 is 1.00 bits per heavy atom. The molecule has 5 nitrogen and oxygen atoms in total. The summed E-state index contributed by atoms with van der Waals surface area (Å²) < 4.78 is 0. The third-order valence-corrected chi connectivity index (χ3v) is 3.38. The number of benzene rings is 2. The van der Waals surface area contributed by atoms with Crippen LogP contribution >= 0.6 is 23.2 Å². The normalized spacial score (nSPS) is 9.74. The van der Waals surface area contributed by atoms with E-state index in [1.165, 1.54) is 0 Å². The van der Waals surface area contributed by atoms with Crippen molar-refractivity contribution in [1.82, 2.24) is 0 Å². The molecule has 2 aromatic carbocycles. The average Bonchev–Trinajstić information content (AvgIpc) is 2.52. The molecular weight excluding hydrogens is 337 g/mol. The maximum atomic E-state index is 10.8. The number of nitrogens with one attached hydrogen (secondary N) is 1. The first-order chi connectivity index (χ1) is 11.0. The van der Waals surface area contributed by atoms with Gasteiger partial charge in [-0.05, 0) is 23.8 Å². The molecule has 0 aliphatic rings. The highest BCUT2D eigenvalue weighted by Crippen LogP contribution is 2.33. The smallest absolute Gasteiger partial charge is 0.307 e. The van der Waals surface area contributed by atoms with Gasteiger partial charge < -0.3 is 21.9 Å². The van der Waals surface area contributed by atoms with Gasteiger partial charge in [0.05, 0.1) is 22.2 Å². The van der Waals surface area contributed by atoms with E-state index in [2.05, 4.69) is 5.32 Å². The largest absolute Gasteiger partial charge is 0.481 e. The van der Waals surface area contributed by atoms with Crippen LogP contribution in [0.15, 0.2) is 42.5 Å². The molecule has 23 heavy (non-hydrogen) atoms. The Balaban J connectivity index is 0.000000593. The Bertz CT molecular complexity index is 629. The Morgan fingerprint density at radius 3 is 2.09 bits per heavy atom. The average molecular weight is 356 g/mol. The van der Waals surface area contributed by atoms with Crippen molar-refractivity contribution < 1.29 is 9.90 Å². The minimum absolute atomic E-state index is 0.0642. The molecule has 0 saturated carbocycles. The Morgan fingerprint density at radius 2 is 1.57 bits per heavy atom. The summed E-state index contributed by atoms with van der Waals surface area (Å²) in [7, 11) is 0. The maximum Gasteiger partial charge on any atom is 0.307 e. The standard InChI is InChI=1S/C14H11Cl2NO2.C2H8N2/c15-10-5-3-6-11(16)14(10)17-12-7-2-1-4-9(12)8-13(18)19;3-1-2-4/h1-7,17H,8H2,(H,18,19);1-4H2. The predicted octanol–water partition coefficient (Wildman–Crippen LogP) is 3.27. The second-order valence-electron chi connectivity index (χ2n) is 4.53. The van der Waals surface area contributed by atoms with Gasteiger partial charge in [-0.15, -0.1) is 0 Å². The van der Waals surface area contributed by atoms with Gasteiger partial charge in [-0.25, -0.2) is 0 Å². The van der Waals surface area contributed by atoms with Gasteiger partial charge in [0.15, 0.2) is 0 Å². The number of carbonyl (C=O) groups is 1. The highest BCUT2D eigenvalue weighted by atomic mass is 35.5. The second kappa shape index (κ2) is 10.1. The van der Waals surface area contributed by atoms with Gasteiger partial charge in [0.25, 0.3) is 0 Å². The number of hydrogen-bond donors (Lipinski definition) is 4. The molecule has 124 valence electrons. The van der Waals surface area contributed by atoms with Crippen molar-refractivity contribution >= 4 is 40.5 Å². The summed E-state index contributed by atoms with van der Waals surface area (Å²) in [6.45, 7) is 1.19. The molecular formula is C16H19Cl2N3O2. The molecule has 7 heteroatoms. The Hall–Kier alpha value is -1.79. The zero-order chi connectivity index (χ0) is 17.2. The topological polar surface area (TPSA) is 101 Å². The second-order valence-corrected chi connectivity index (χ2v) is 5.34. The molecule has 0 radical (unpaired) electrons. The fourth-order valence-electron chi connectivity index (χ4n) is 1.71. The van der Waals surface area contributed by atoms with Crippen LogP contribution in [-0.4, -0.2) is 24.2 Å². The molecule has 0 amide bonds. The minimum Gasteiger partial charge on any atom is -0.481 e. The Labute approximate surface area is 145 Å². The zero-order valence-corrected chi connectivity index (χ0v) is 13.9. The van der Waals surface area contributed by atoms with E-state index < -0.39 is 5.97 Å². The maximum absolute atomic E-state index is 10.8. The van der Waals surface area contributed by atoms with E-state index in [0.29, 0.717) is 40.1 Å². The molecule has 6 N–H and O–H groups in total. The van der Waals surface area contributed by atoms with Gasteiger partial charge in [0.2, 0.25) is 0 Å². The predicted molar refractivity (Wildman–Crippen MR) is 95.6 cm³/mol. The molecule has 0 unspecified atom stereocenters. The minimum atomic E-state index is -0.889. The van der Waals surface area contributed by atoms with Gasteiger partial charge in [0, 0.05) is 18.8 Å². The number of carboxylic acids is 1. The summed E-state index contributed by atoms with van der Waals surface area (Å²) in [6.07, 6.45) is -0.0642. The summed E-state index contributed by atoms with van der Waals surface area (Å²) in [4.78, 5) is 10.8. The molecule has 0 saturated heterocycles. The summed E-state index contributed by atoms with van der Waals surface area (Å²) >= 11 is 12.1. The van der Waals surface area contributed by atoms with E-state index >= 15 is 0 Å². The number of carboxylic acid groups (broad SMARTS) is 1. The molecule has 0 aliphatic carbocycles. The summed E-state index contributed by atoms with van der Waals surface area (Å²) in [5.41, 5.74) is 11.7. The first kappa shape index (κ1) is 19.3. The highest BCUT2D eigenvalue weighted by molar-refractivity contribution is 6.39. The van der Waals surface area contributed by atoms with Crippen molar-refractivity contribution in [2.24, 2.45) is 11.5 Å². The number of nitrogens with two attached hydrogens (primary N) is 2. The van der Waals surface area contributed by atoms with Gasteiger partial charge in [-0.1, -0.05) is 47.5 Å². The fourth-order valence-corrected chi connectivity index (χ4v) is 2.20. The summed E-state index contributed by atoms with van der Waals surface area (Å²) in [5.74, 6) is -0.889. The highest BCUT2D eigenvalue weighted by Gasteiger charge is 2.10.